The number of alkyl halides is 2. The molecule has 1 saturated carbocycles. The second-order valence-corrected chi connectivity index (χ2v) is 6.54. The minimum Gasteiger partial charge on any atom is -0.435 e. The first kappa shape index (κ1) is 17.7. The van der Waals surface area contributed by atoms with Crippen LogP contribution in [-0.2, 0) is 0 Å². The Bertz CT molecular complexity index is 753. The van der Waals surface area contributed by atoms with Crippen molar-refractivity contribution in [2.45, 2.75) is 38.8 Å². The number of aromatic nitrogens is 1. The molecule has 1 aliphatic carbocycles. The van der Waals surface area contributed by atoms with Crippen LogP contribution < -0.4 is 15.8 Å². The molecule has 0 saturated heterocycles. The van der Waals surface area contributed by atoms with E-state index in [4.69, 9.17) is 17.3 Å². The number of benzene rings is 1. The van der Waals surface area contributed by atoms with Crippen molar-refractivity contribution in [3.05, 3.63) is 35.5 Å². The third kappa shape index (κ3) is 4.12. The standard InChI is InChI=1S/C18H20ClF2N3O/c1-2-15(10-3-4-10)24-17-16(22)13(7-8-23-17)12-6-5-11(9-14(12)19)25-18(20)21/h5-10,15,18H,2-4,22H2,1H3,(H,23,24). The van der Waals surface area contributed by atoms with Gasteiger partial charge in [0.15, 0.2) is 0 Å². The summed E-state index contributed by atoms with van der Waals surface area (Å²) in [5.74, 6) is 1.30. The average Bonchev–Trinajstić information content (AvgIpc) is 3.39. The molecule has 1 aromatic carbocycles. The number of nitrogens with zero attached hydrogens (tertiary/aromatic N) is 1. The van der Waals surface area contributed by atoms with Crippen LogP contribution in [0.25, 0.3) is 11.1 Å². The van der Waals surface area contributed by atoms with E-state index >= 15 is 0 Å². The molecule has 0 radical (unpaired) electrons. The summed E-state index contributed by atoms with van der Waals surface area (Å²) in [7, 11) is 0. The Morgan fingerprint density at radius 2 is 2.08 bits per heavy atom. The molecule has 25 heavy (non-hydrogen) atoms. The lowest BCUT2D eigenvalue weighted by Crippen LogP contribution is -2.22. The van der Waals surface area contributed by atoms with Gasteiger partial charge in [0.1, 0.15) is 11.6 Å². The molecule has 7 heteroatoms. The third-order valence-electron chi connectivity index (χ3n) is 4.40. The van der Waals surface area contributed by atoms with E-state index in [1.54, 1.807) is 18.3 Å². The molecule has 134 valence electrons. The van der Waals surface area contributed by atoms with E-state index in [1.165, 1.54) is 25.0 Å². The number of ether oxygens (including phenoxy) is 1. The number of nitrogens with one attached hydrogen (secondary N) is 1. The van der Waals surface area contributed by atoms with Gasteiger partial charge in [0.25, 0.3) is 0 Å². The molecule has 1 fully saturated rings. The fourth-order valence-corrected chi connectivity index (χ4v) is 3.21. The lowest BCUT2D eigenvalue weighted by atomic mass is 10.0. The zero-order chi connectivity index (χ0) is 18.0. The number of halogens is 3. The lowest BCUT2D eigenvalue weighted by molar-refractivity contribution is -0.0498. The summed E-state index contributed by atoms with van der Waals surface area (Å²) in [6, 6.07) is 6.53. The number of hydrogen-bond acceptors (Lipinski definition) is 4. The van der Waals surface area contributed by atoms with Crippen molar-refractivity contribution in [3.63, 3.8) is 0 Å². The zero-order valence-corrected chi connectivity index (χ0v) is 14.6. The van der Waals surface area contributed by atoms with Crippen molar-refractivity contribution in [3.8, 4) is 16.9 Å². The van der Waals surface area contributed by atoms with E-state index in [0.717, 1.165) is 6.42 Å². The Morgan fingerprint density at radius 1 is 1.32 bits per heavy atom. The zero-order valence-electron chi connectivity index (χ0n) is 13.8. The lowest BCUT2D eigenvalue weighted by Gasteiger charge is -2.19. The van der Waals surface area contributed by atoms with Gasteiger partial charge in [0.2, 0.25) is 0 Å². The largest absolute Gasteiger partial charge is 0.435 e. The van der Waals surface area contributed by atoms with Gasteiger partial charge >= 0.3 is 6.61 Å². The van der Waals surface area contributed by atoms with Crippen LogP contribution in [0.5, 0.6) is 5.75 Å². The van der Waals surface area contributed by atoms with Crippen LogP contribution in [0.4, 0.5) is 20.3 Å². The molecule has 0 aliphatic heterocycles. The maximum Gasteiger partial charge on any atom is 0.387 e. The summed E-state index contributed by atoms with van der Waals surface area (Å²) in [4.78, 5) is 4.35. The summed E-state index contributed by atoms with van der Waals surface area (Å²) in [6.45, 7) is -0.758. The van der Waals surface area contributed by atoms with E-state index in [2.05, 4.69) is 22.0 Å². The monoisotopic (exact) mass is 367 g/mol. The first-order valence-electron chi connectivity index (χ1n) is 8.25. The van der Waals surface area contributed by atoms with E-state index in [9.17, 15) is 8.78 Å². The molecule has 1 heterocycles. The highest BCUT2D eigenvalue weighted by atomic mass is 35.5. The van der Waals surface area contributed by atoms with Crippen molar-refractivity contribution in [1.82, 2.24) is 4.98 Å². The van der Waals surface area contributed by atoms with Crippen LogP contribution in [0, 0.1) is 5.92 Å². The van der Waals surface area contributed by atoms with Gasteiger partial charge in [0.05, 0.1) is 10.7 Å². The Balaban J connectivity index is 1.88. The van der Waals surface area contributed by atoms with Crippen molar-refractivity contribution in [2.75, 3.05) is 11.1 Å². The minimum atomic E-state index is -2.89. The molecule has 1 aromatic heterocycles. The second kappa shape index (κ2) is 7.44. The van der Waals surface area contributed by atoms with Crippen LogP contribution in [0.2, 0.25) is 5.02 Å². The van der Waals surface area contributed by atoms with Crippen molar-refractivity contribution < 1.29 is 13.5 Å². The third-order valence-corrected chi connectivity index (χ3v) is 4.71. The molecule has 3 rings (SSSR count). The van der Waals surface area contributed by atoms with Crippen LogP contribution >= 0.6 is 11.6 Å². The molecule has 1 atom stereocenters. The van der Waals surface area contributed by atoms with Gasteiger partial charge in [-0.15, -0.1) is 0 Å². The number of pyridine rings is 1. The molecule has 3 N–H and O–H groups in total. The van der Waals surface area contributed by atoms with Gasteiger partial charge < -0.3 is 15.8 Å². The van der Waals surface area contributed by atoms with Gasteiger partial charge in [-0.3, -0.25) is 0 Å². The number of hydrogen-bond donors (Lipinski definition) is 2. The minimum absolute atomic E-state index is 0.00880. The first-order chi connectivity index (χ1) is 12.0. The van der Waals surface area contributed by atoms with Crippen molar-refractivity contribution in [1.29, 1.82) is 0 Å². The van der Waals surface area contributed by atoms with Gasteiger partial charge in [-0.1, -0.05) is 18.5 Å². The quantitative estimate of drug-likeness (QED) is 0.707. The SMILES string of the molecule is CCC(Nc1nccc(-c2ccc(OC(F)F)cc2Cl)c1N)C1CC1. The molecular formula is C18H20ClF2N3O. The summed E-state index contributed by atoms with van der Waals surface area (Å²) < 4.78 is 29.0. The predicted octanol–water partition coefficient (Wildman–Crippen LogP) is 5.19. The Kier molecular flexibility index (Phi) is 5.27. The molecule has 2 aromatic rings. The fourth-order valence-electron chi connectivity index (χ4n) is 2.94. The highest BCUT2D eigenvalue weighted by molar-refractivity contribution is 6.33. The maximum atomic E-state index is 12.3. The Morgan fingerprint density at radius 3 is 2.68 bits per heavy atom. The highest BCUT2D eigenvalue weighted by Crippen LogP contribution is 2.39. The highest BCUT2D eigenvalue weighted by Gasteiger charge is 2.30. The molecule has 4 nitrogen and oxygen atoms in total. The summed E-state index contributed by atoms with van der Waals surface area (Å²) in [6.07, 6.45) is 5.11. The van der Waals surface area contributed by atoms with Crippen LogP contribution in [-0.4, -0.2) is 17.6 Å². The summed E-state index contributed by atoms with van der Waals surface area (Å²) >= 11 is 6.24. The topological polar surface area (TPSA) is 60.2 Å². The number of anilines is 2. The first-order valence-corrected chi connectivity index (χ1v) is 8.63. The molecule has 0 amide bonds. The maximum absolute atomic E-state index is 12.3. The average molecular weight is 368 g/mol. The second-order valence-electron chi connectivity index (χ2n) is 6.14. The Hall–Kier alpha value is -2.08. The van der Waals surface area contributed by atoms with E-state index in [1.807, 2.05) is 0 Å². The number of nitrogens with two attached hydrogens (primary N) is 1. The fraction of sp³-hybridized carbons (Fsp3) is 0.389. The van der Waals surface area contributed by atoms with Gasteiger partial charge in [-0.25, -0.2) is 4.98 Å². The Labute approximate surface area is 150 Å². The van der Waals surface area contributed by atoms with Crippen LogP contribution in [0.1, 0.15) is 26.2 Å². The van der Waals surface area contributed by atoms with Gasteiger partial charge in [0, 0.05) is 23.4 Å². The molecule has 0 bridgehead atoms. The van der Waals surface area contributed by atoms with Crippen molar-refractivity contribution in [2.24, 2.45) is 5.92 Å². The van der Waals surface area contributed by atoms with Gasteiger partial charge in [-0.05, 0) is 49.4 Å². The van der Waals surface area contributed by atoms with E-state index < -0.39 is 6.61 Å². The predicted molar refractivity (Wildman–Crippen MR) is 96.2 cm³/mol. The molecule has 1 aliphatic rings. The smallest absolute Gasteiger partial charge is 0.387 e. The summed E-state index contributed by atoms with van der Waals surface area (Å²) in [5, 5.41) is 3.71. The van der Waals surface area contributed by atoms with E-state index in [0.29, 0.717) is 34.6 Å². The molecule has 1 unspecified atom stereocenters. The number of rotatable bonds is 7. The molecule has 0 spiro atoms. The van der Waals surface area contributed by atoms with E-state index in [-0.39, 0.29) is 10.8 Å². The van der Waals surface area contributed by atoms with Crippen LogP contribution in [0.3, 0.4) is 0 Å². The van der Waals surface area contributed by atoms with Crippen molar-refractivity contribution >= 4 is 23.1 Å². The van der Waals surface area contributed by atoms with Crippen LogP contribution in [0.15, 0.2) is 30.5 Å². The number of nitrogen functional groups attached to an aromatic ring is 1. The molecular weight excluding hydrogens is 348 g/mol. The normalized spacial score (nSPS) is 15.2. The summed E-state index contributed by atoms with van der Waals surface area (Å²) in [5.41, 5.74) is 8.13. The van der Waals surface area contributed by atoms with Gasteiger partial charge in [-0.2, -0.15) is 8.78 Å².